The van der Waals surface area contributed by atoms with Crippen LogP contribution in [0.25, 0.3) is 0 Å². The average molecular weight is 602 g/mol. The summed E-state index contributed by atoms with van der Waals surface area (Å²) in [4.78, 5) is 42.8. The summed E-state index contributed by atoms with van der Waals surface area (Å²) in [5.74, 6) is -0.493. The molecule has 4 atom stereocenters. The normalized spacial score (nSPS) is 25.0. The molecule has 2 N–H and O–H groups in total. The minimum absolute atomic E-state index is 0.00380. The van der Waals surface area contributed by atoms with Gasteiger partial charge in [-0.25, -0.2) is 0 Å². The van der Waals surface area contributed by atoms with Gasteiger partial charge < -0.3 is 19.5 Å². The van der Waals surface area contributed by atoms with Crippen LogP contribution in [0.3, 0.4) is 0 Å². The number of carbonyl (C=O) groups excluding carboxylic acids is 2. The molecule has 1 aromatic heterocycles. The summed E-state index contributed by atoms with van der Waals surface area (Å²) in [5, 5.41) is 17.6. The van der Waals surface area contributed by atoms with E-state index in [1.807, 2.05) is 68.7 Å². The van der Waals surface area contributed by atoms with E-state index in [9.17, 15) is 19.5 Å². The minimum atomic E-state index is -2.84. The smallest absolute Gasteiger partial charge is 0.264 e. The van der Waals surface area contributed by atoms with Crippen LogP contribution in [0.5, 0.6) is 0 Å². The molecule has 11 heteroatoms. The molecular weight excluding hydrogens is 562 g/mol. The molecule has 0 unspecified atom stereocenters. The van der Waals surface area contributed by atoms with E-state index in [-0.39, 0.29) is 29.9 Å². The molecule has 3 aromatic rings. The third kappa shape index (κ3) is 4.84. The van der Waals surface area contributed by atoms with Gasteiger partial charge in [-0.2, -0.15) is 0 Å². The first-order valence-electron chi connectivity index (χ1n) is 15.0. The molecule has 226 valence electrons. The number of amides is 2. The van der Waals surface area contributed by atoms with E-state index in [0.717, 1.165) is 22.5 Å². The van der Waals surface area contributed by atoms with Gasteiger partial charge >= 0.3 is 0 Å². The van der Waals surface area contributed by atoms with Gasteiger partial charge in [-0.1, -0.05) is 36.4 Å². The van der Waals surface area contributed by atoms with Gasteiger partial charge in [-0.05, 0) is 55.8 Å². The molecule has 0 aliphatic carbocycles. The summed E-state index contributed by atoms with van der Waals surface area (Å²) >= 11 is 0. The number of aromatic nitrogens is 3. The maximum Gasteiger partial charge on any atom is 0.264 e. The fourth-order valence-electron chi connectivity index (χ4n) is 7.43. The van der Waals surface area contributed by atoms with E-state index in [0.29, 0.717) is 50.2 Å². The van der Waals surface area contributed by atoms with Crippen LogP contribution in [0.15, 0.2) is 61.3 Å². The maximum absolute atomic E-state index is 14.5. The number of aliphatic hydroxyl groups excluding tert-OH is 1. The van der Waals surface area contributed by atoms with Crippen LogP contribution in [0.1, 0.15) is 36.6 Å². The first kappa shape index (κ1) is 29.4. The van der Waals surface area contributed by atoms with Gasteiger partial charge in [0, 0.05) is 61.4 Å². The fourth-order valence-corrected chi connectivity index (χ4v) is 10.0. The summed E-state index contributed by atoms with van der Waals surface area (Å²) in [6.45, 7) is 10.5. The molecule has 0 bridgehead atoms. The van der Waals surface area contributed by atoms with Crippen molar-refractivity contribution in [2.45, 2.75) is 69.5 Å². The van der Waals surface area contributed by atoms with Crippen LogP contribution in [0.4, 0.5) is 17.1 Å². The Morgan fingerprint density at radius 2 is 1.95 bits per heavy atom. The first-order valence-corrected chi connectivity index (χ1v) is 18.0. The third-order valence-electron chi connectivity index (χ3n) is 9.22. The lowest BCUT2D eigenvalue weighted by Gasteiger charge is -2.33. The summed E-state index contributed by atoms with van der Waals surface area (Å²) in [6, 6.07) is 13.7. The standard InChI is InChI=1S/C32H39N5O5Si/c1-5-16-36-27-12-11-24(37-26-9-7-6-8-22(26)10-13-29(37)39)19-25(27)32(31(36)40)21(2)30(43(3,4)41)28(42-32)14-17-35-20-23(15-18-38)33-34-35/h5-9,11-12,19-21,28,30,38,41H,1,10,13-18H2,2-4H3/t21-,28+,30-,32+/m1/s1. The van der Waals surface area contributed by atoms with Crippen LogP contribution >= 0.6 is 0 Å². The number of hydrogen-bond acceptors (Lipinski definition) is 7. The van der Waals surface area contributed by atoms with E-state index in [1.54, 1.807) is 20.6 Å². The molecule has 6 rings (SSSR count). The predicted octanol–water partition coefficient (Wildman–Crippen LogP) is 3.84. The molecule has 0 radical (unpaired) electrons. The summed E-state index contributed by atoms with van der Waals surface area (Å²) in [7, 11) is -2.84. The van der Waals surface area contributed by atoms with Gasteiger partial charge in [0.25, 0.3) is 5.91 Å². The molecule has 43 heavy (non-hydrogen) atoms. The Kier molecular flexibility index (Phi) is 7.62. The van der Waals surface area contributed by atoms with Crippen molar-refractivity contribution in [3.8, 4) is 0 Å². The Hall–Kier alpha value is -3.64. The number of carbonyl (C=O) groups is 2. The van der Waals surface area contributed by atoms with Crippen molar-refractivity contribution in [1.82, 2.24) is 15.0 Å². The summed E-state index contributed by atoms with van der Waals surface area (Å²) in [5.41, 5.74) is 3.25. The highest BCUT2D eigenvalue weighted by Crippen LogP contribution is 2.60. The molecule has 0 saturated carbocycles. The van der Waals surface area contributed by atoms with Gasteiger partial charge in [0.1, 0.15) is 0 Å². The Morgan fingerprint density at radius 3 is 2.70 bits per heavy atom. The van der Waals surface area contributed by atoms with Crippen molar-refractivity contribution in [3.05, 3.63) is 78.1 Å². The fraction of sp³-hybridized carbons (Fsp3) is 0.438. The number of para-hydroxylation sites is 1. The molecule has 10 nitrogen and oxygen atoms in total. The highest BCUT2D eigenvalue weighted by molar-refractivity contribution is 6.71. The second-order valence-electron chi connectivity index (χ2n) is 12.4. The van der Waals surface area contributed by atoms with Crippen LogP contribution < -0.4 is 9.80 Å². The molecule has 1 spiro atoms. The monoisotopic (exact) mass is 601 g/mol. The van der Waals surface area contributed by atoms with E-state index in [1.165, 1.54) is 0 Å². The second kappa shape index (κ2) is 11.1. The topological polar surface area (TPSA) is 121 Å². The minimum Gasteiger partial charge on any atom is -0.432 e. The van der Waals surface area contributed by atoms with Gasteiger partial charge in [0.05, 0.1) is 23.2 Å². The zero-order valence-corrected chi connectivity index (χ0v) is 25.9. The molecular formula is C32H39N5O5Si. The van der Waals surface area contributed by atoms with Gasteiger partial charge in [0.2, 0.25) is 5.91 Å². The number of rotatable bonds is 9. The van der Waals surface area contributed by atoms with Crippen LogP contribution in [-0.2, 0) is 39.3 Å². The predicted molar refractivity (Wildman–Crippen MR) is 165 cm³/mol. The number of aryl methyl sites for hydroxylation is 2. The zero-order chi connectivity index (χ0) is 30.5. The van der Waals surface area contributed by atoms with Crippen LogP contribution in [0, 0.1) is 5.92 Å². The number of aliphatic hydroxyl groups is 1. The van der Waals surface area contributed by atoms with E-state index in [2.05, 4.69) is 16.9 Å². The van der Waals surface area contributed by atoms with Crippen molar-refractivity contribution >= 4 is 37.2 Å². The van der Waals surface area contributed by atoms with Gasteiger partial charge in [0.15, 0.2) is 13.9 Å². The van der Waals surface area contributed by atoms with Crippen molar-refractivity contribution in [1.29, 1.82) is 0 Å². The molecule has 2 aromatic carbocycles. The largest absolute Gasteiger partial charge is 0.432 e. The molecule has 4 heterocycles. The van der Waals surface area contributed by atoms with E-state index < -0.39 is 20.0 Å². The Morgan fingerprint density at radius 1 is 1.16 bits per heavy atom. The van der Waals surface area contributed by atoms with Gasteiger partial charge in [-0.3, -0.25) is 19.2 Å². The number of hydrogen-bond donors (Lipinski definition) is 2. The highest BCUT2D eigenvalue weighted by Gasteiger charge is 2.66. The lowest BCUT2D eigenvalue weighted by Crippen LogP contribution is -2.46. The van der Waals surface area contributed by atoms with Crippen molar-refractivity contribution in [3.63, 3.8) is 0 Å². The highest BCUT2D eigenvalue weighted by atomic mass is 28.4. The molecule has 3 aliphatic heterocycles. The second-order valence-corrected chi connectivity index (χ2v) is 16.3. The Bertz CT molecular complexity index is 1570. The van der Waals surface area contributed by atoms with Crippen molar-refractivity contribution in [2.75, 3.05) is 23.0 Å². The number of nitrogens with zero attached hydrogens (tertiary/aromatic N) is 5. The molecule has 1 fully saturated rings. The number of ether oxygens (including phenoxy) is 1. The Balaban J connectivity index is 1.42. The number of anilines is 3. The summed E-state index contributed by atoms with van der Waals surface area (Å²) in [6.07, 6.45) is 5.15. The number of benzene rings is 2. The van der Waals surface area contributed by atoms with E-state index in [4.69, 9.17) is 4.74 Å². The molecule has 2 amide bonds. The van der Waals surface area contributed by atoms with Crippen LogP contribution in [-0.4, -0.2) is 64.3 Å². The van der Waals surface area contributed by atoms with Crippen LogP contribution in [0.2, 0.25) is 18.6 Å². The molecule has 3 aliphatic rings. The van der Waals surface area contributed by atoms with E-state index >= 15 is 0 Å². The SMILES string of the molecule is C=CCN1C(=O)[C@@]2(O[C@@H](CCn3cc(CCO)nn3)[C@H]([Si](C)(C)O)[C@H]2C)c2cc(N3C(=O)CCc4ccccc43)ccc21. The lowest BCUT2D eigenvalue weighted by atomic mass is 9.82. The summed E-state index contributed by atoms with van der Waals surface area (Å²) < 4.78 is 8.66. The van der Waals surface area contributed by atoms with Crippen molar-refractivity contribution < 1.29 is 24.2 Å². The van der Waals surface area contributed by atoms with Crippen molar-refractivity contribution in [2.24, 2.45) is 5.92 Å². The maximum atomic E-state index is 14.5. The number of fused-ring (bicyclic) bond motifs is 3. The van der Waals surface area contributed by atoms with Gasteiger partial charge in [-0.15, -0.1) is 11.7 Å². The molecule has 1 saturated heterocycles. The average Bonchev–Trinajstić information content (AvgIpc) is 3.62. The zero-order valence-electron chi connectivity index (χ0n) is 24.9. The third-order valence-corrected chi connectivity index (χ3v) is 11.7. The quantitative estimate of drug-likeness (QED) is 0.282. The lowest BCUT2D eigenvalue weighted by molar-refractivity contribution is -0.145. The Labute approximate surface area is 252 Å². The first-order chi connectivity index (χ1) is 20.6.